The number of nitrogens with one attached hydrogen (secondary N) is 1. The molecule has 26 heavy (non-hydrogen) atoms. The number of amides is 1. The number of ether oxygens (including phenoxy) is 1. The molecule has 0 unspecified atom stereocenters. The van der Waals surface area contributed by atoms with E-state index < -0.39 is 6.04 Å². The number of imidazole rings is 1. The van der Waals surface area contributed by atoms with Gasteiger partial charge in [-0.1, -0.05) is 48.0 Å². The van der Waals surface area contributed by atoms with Crippen LogP contribution in [0.15, 0.2) is 60.9 Å². The first kappa shape index (κ1) is 18.0. The molecular formula is C20H20ClN3O2. The smallest absolute Gasteiger partial charge is 0.225 e. The molecule has 1 aromatic heterocycles. The predicted octanol–water partition coefficient (Wildman–Crippen LogP) is 3.53. The Hall–Kier alpha value is -2.79. The standard InChI is InChI=1S/C20H20ClN3O2/c1-24-12-11-22-20(24)19(15-8-4-6-10-17(15)26-2)23-18(25)13-14-7-3-5-9-16(14)21/h3-12,19H,13H2,1-2H3,(H,23,25)/t19-/m0/s1. The number of nitrogens with zero attached hydrogens (tertiary/aromatic N) is 2. The Kier molecular flexibility index (Phi) is 5.58. The van der Waals surface area contributed by atoms with E-state index in [-0.39, 0.29) is 12.3 Å². The third kappa shape index (κ3) is 3.89. The summed E-state index contributed by atoms with van der Waals surface area (Å²) in [5.74, 6) is 1.28. The minimum Gasteiger partial charge on any atom is -0.496 e. The average molecular weight is 370 g/mol. The Balaban J connectivity index is 1.91. The lowest BCUT2D eigenvalue weighted by Crippen LogP contribution is -2.32. The topological polar surface area (TPSA) is 56.1 Å². The van der Waals surface area contributed by atoms with Gasteiger partial charge in [0.25, 0.3) is 0 Å². The molecule has 1 atom stereocenters. The Morgan fingerprint density at radius 3 is 2.65 bits per heavy atom. The van der Waals surface area contributed by atoms with Crippen molar-refractivity contribution in [1.29, 1.82) is 0 Å². The van der Waals surface area contributed by atoms with Gasteiger partial charge in [-0.05, 0) is 17.7 Å². The maximum atomic E-state index is 12.7. The summed E-state index contributed by atoms with van der Waals surface area (Å²) in [5.41, 5.74) is 1.63. The molecule has 3 rings (SSSR count). The zero-order valence-electron chi connectivity index (χ0n) is 14.6. The number of aromatic nitrogens is 2. The van der Waals surface area contributed by atoms with Crippen molar-refractivity contribution in [3.05, 3.63) is 82.9 Å². The highest BCUT2D eigenvalue weighted by Gasteiger charge is 2.24. The zero-order valence-corrected chi connectivity index (χ0v) is 15.4. The number of halogens is 1. The maximum absolute atomic E-state index is 12.7. The second-order valence-corrected chi connectivity index (χ2v) is 6.31. The molecule has 3 aromatic rings. The first-order valence-corrected chi connectivity index (χ1v) is 8.61. The van der Waals surface area contributed by atoms with Gasteiger partial charge in [0.05, 0.1) is 13.5 Å². The van der Waals surface area contributed by atoms with E-state index in [1.165, 1.54) is 0 Å². The van der Waals surface area contributed by atoms with Crippen LogP contribution in [0.3, 0.4) is 0 Å². The predicted molar refractivity (Wildman–Crippen MR) is 101 cm³/mol. The van der Waals surface area contributed by atoms with Crippen LogP contribution in [0.25, 0.3) is 0 Å². The molecule has 0 aliphatic carbocycles. The third-order valence-electron chi connectivity index (χ3n) is 4.18. The van der Waals surface area contributed by atoms with E-state index in [1.54, 1.807) is 19.4 Å². The molecule has 0 fully saturated rings. The molecule has 5 nitrogen and oxygen atoms in total. The lowest BCUT2D eigenvalue weighted by Gasteiger charge is -2.21. The molecule has 0 aliphatic rings. The highest BCUT2D eigenvalue weighted by Crippen LogP contribution is 2.29. The highest BCUT2D eigenvalue weighted by molar-refractivity contribution is 6.31. The summed E-state index contributed by atoms with van der Waals surface area (Å²) in [5, 5.41) is 3.64. The summed E-state index contributed by atoms with van der Waals surface area (Å²) in [4.78, 5) is 17.1. The summed E-state index contributed by atoms with van der Waals surface area (Å²) in [7, 11) is 3.50. The minimum atomic E-state index is -0.430. The maximum Gasteiger partial charge on any atom is 0.225 e. The summed E-state index contributed by atoms with van der Waals surface area (Å²) in [6.45, 7) is 0. The van der Waals surface area contributed by atoms with Gasteiger partial charge in [0.1, 0.15) is 17.6 Å². The van der Waals surface area contributed by atoms with Crippen LogP contribution in [-0.2, 0) is 18.3 Å². The number of rotatable bonds is 6. The highest BCUT2D eigenvalue weighted by atomic mass is 35.5. The molecule has 0 aliphatic heterocycles. The third-order valence-corrected chi connectivity index (χ3v) is 4.55. The van der Waals surface area contributed by atoms with Crippen LogP contribution in [0.4, 0.5) is 0 Å². The van der Waals surface area contributed by atoms with Gasteiger partial charge in [0.2, 0.25) is 5.91 Å². The lowest BCUT2D eigenvalue weighted by molar-refractivity contribution is -0.121. The van der Waals surface area contributed by atoms with Crippen molar-refractivity contribution in [3.8, 4) is 5.75 Å². The van der Waals surface area contributed by atoms with Gasteiger partial charge in [0, 0.05) is 30.0 Å². The zero-order chi connectivity index (χ0) is 18.5. The second kappa shape index (κ2) is 8.06. The summed E-state index contributed by atoms with van der Waals surface area (Å²) in [6, 6.07) is 14.5. The van der Waals surface area contributed by atoms with Crippen molar-refractivity contribution < 1.29 is 9.53 Å². The van der Waals surface area contributed by atoms with Crippen LogP contribution in [0.2, 0.25) is 5.02 Å². The van der Waals surface area contributed by atoms with Crippen LogP contribution in [-0.4, -0.2) is 22.6 Å². The number of aryl methyl sites for hydroxylation is 1. The molecule has 0 saturated heterocycles. The Morgan fingerprint density at radius 1 is 1.23 bits per heavy atom. The van der Waals surface area contributed by atoms with Crippen LogP contribution in [0.5, 0.6) is 5.75 Å². The Morgan fingerprint density at radius 2 is 1.96 bits per heavy atom. The fourth-order valence-corrected chi connectivity index (χ4v) is 3.07. The first-order valence-electron chi connectivity index (χ1n) is 8.23. The molecule has 134 valence electrons. The van der Waals surface area contributed by atoms with Crippen molar-refractivity contribution in [1.82, 2.24) is 14.9 Å². The van der Waals surface area contributed by atoms with Crippen LogP contribution in [0.1, 0.15) is 23.0 Å². The largest absolute Gasteiger partial charge is 0.496 e. The molecule has 1 N–H and O–H groups in total. The molecule has 0 saturated carbocycles. The number of para-hydroxylation sites is 1. The van der Waals surface area contributed by atoms with E-state index in [4.69, 9.17) is 16.3 Å². The lowest BCUT2D eigenvalue weighted by atomic mass is 10.0. The van der Waals surface area contributed by atoms with E-state index in [2.05, 4.69) is 10.3 Å². The van der Waals surface area contributed by atoms with E-state index >= 15 is 0 Å². The Labute approximate surface area is 157 Å². The summed E-state index contributed by atoms with van der Waals surface area (Å²) < 4.78 is 7.36. The minimum absolute atomic E-state index is 0.142. The van der Waals surface area contributed by atoms with Gasteiger partial charge in [-0.3, -0.25) is 4.79 Å². The fraction of sp³-hybridized carbons (Fsp3) is 0.200. The van der Waals surface area contributed by atoms with Crippen molar-refractivity contribution >= 4 is 17.5 Å². The van der Waals surface area contributed by atoms with E-state index in [0.717, 1.165) is 17.0 Å². The SMILES string of the molecule is COc1ccccc1[C@H](NC(=O)Cc1ccccc1Cl)c1nccn1C. The fourth-order valence-electron chi connectivity index (χ4n) is 2.87. The number of carbonyl (C=O) groups excluding carboxylic acids is 1. The van der Waals surface area contributed by atoms with Gasteiger partial charge in [0.15, 0.2) is 0 Å². The number of methoxy groups -OCH3 is 1. The van der Waals surface area contributed by atoms with Gasteiger partial charge in [-0.25, -0.2) is 4.98 Å². The summed E-state index contributed by atoms with van der Waals surface area (Å²) in [6.07, 6.45) is 3.74. The van der Waals surface area contributed by atoms with Crippen LogP contribution in [0, 0.1) is 0 Å². The molecule has 0 bridgehead atoms. The number of hydrogen-bond acceptors (Lipinski definition) is 3. The molecule has 1 amide bonds. The normalized spacial score (nSPS) is 11.8. The first-order chi connectivity index (χ1) is 12.6. The Bertz CT molecular complexity index is 907. The average Bonchev–Trinajstić information content (AvgIpc) is 3.07. The van der Waals surface area contributed by atoms with Crippen molar-refractivity contribution in [2.45, 2.75) is 12.5 Å². The number of carbonyl (C=O) groups is 1. The second-order valence-electron chi connectivity index (χ2n) is 5.91. The van der Waals surface area contributed by atoms with Crippen molar-refractivity contribution in [3.63, 3.8) is 0 Å². The molecule has 1 heterocycles. The van der Waals surface area contributed by atoms with Crippen molar-refractivity contribution in [2.75, 3.05) is 7.11 Å². The molecule has 2 aromatic carbocycles. The molecule has 0 radical (unpaired) electrons. The quantitative estimate of drug-likeness (QED) is 0.723. The molecule has 6 heteroatoms. The van der Waals surface area contributed by atoms with E-state index in [0.29, 0.717) is 10.8 Å². The van der Waals surface area contributed by atoms with Gasteiger partial charge in [-0.15, -0.1) is 0 Å². The number of benzene rings is 2. The van der Waals surface area contributed by atoms with Gasteiger partial charge < -0.3 is 14.6 Å². The van der Waals surface area contributed by atoms with E-state index in [9.17, 15) is 4.79 Å². The molecule has 0 spiro atoms. The van der Waals surface area contributed by atoms with Crippen LogP contribution < -0.4 is 10.1 Å². The molecular weight excluding hydrogens is 350 g/mol. The monoisotopic (exact) mass is 369 g/mol. The number of hydrogen-bond donors (Lipinski definition) is 1. The van der Waals surface area contributed by atoms with Crippen LogP contribution >= 0.6 is 11.6 Å². The summed E-state index contributed by atoms with van der Waals surface area (Å²) >= 11 is 6.18. The van der Waals surface area contributed by atoms with Crippen molar-refractivity contribution in [2.24, 2.45) is 7.05 Å². The van der Waals surface area contributed by atoms with Gasteiger partial charge >= 0.3 is 0 Å². The van der Waals surface area contributed by atoms with Gasteiger partial charge in [-0.2, -0.15) is 0 Å². The van der Waals surface area contributed by atoms with E-state index in [1.807, 2.05) is 60.3 Å².